The Kier molecular flexibility index (Phi) is 4.82. The Hall–Kier alpha value is -1.31. The van der Waals surface area contributed by atoms with Crippen molar-refractivity contribution >= 4 is 6.21 Å². The van der Waals surface area contributed by atoms with E-state index in [4.69, 9.17) is 4.74 Å². The van der Waals surface area contributed by atoms with E-state index in [0.29, 0.717) is 5.76 Å². The predicted octanol–water partition coefficient (Wildman–Crippen LogP) is 1.96. The summed E-state index contributed by atoms with van der Waals surface area (Å²) in [4.78, 5) is 3.84. The van der Waals surface area contributed by atoms with Gasteiger partial charge in [0.05, 0.1) is 7.11 Å². The first-order valence-corrected chi connectivity index (χ1v) is 3.25. The fourth-order valence-corrected chi connectivity index (χ4v) is 0.675. The van der Waals surface area contributed by atoms with Crippen LogP contribution in [0.5, 0.6) is 0 Å². The first kappa shape index (κ1) is 9.69. The van der Waals surface area contributed by atoms with Crippen LogP contribution in [0.1, 0.15) is 0 Å². The molecule has 0 saturated heterocycles. The van der Waals surface area contributed by atoms with Crippen LogP contribution in [0.15, 0.2) is 41.6 Å². The van der Waals surface area contributed by atoms with E-state index in [1.165, 1.54) is 0 Å². The zero-order chi connectivity index (χ0) is 8.69. The highest BCUT2D eigenvalue weighted by Crippen LogP contribution is 2.04. The highest BCUT2D eigenvalue weighted by molar-refractivity contribution is 5.83. The summed E-state index contributed by atoms with van der Waals surface area (Å²) in [6, 6.07) is 0. The maximum absolute atomic E-state index is 5.00. The molecule has 2 heteroatoms. The van der Waals surface area contributed by atoms with Crippen LogP contribution in [0.25, 0.3) is 0 Å². The molecule has 2 nitrogen and oxygen atoms in total. The Labute approximate surface area is 67.6 Å². The molecule has 0 aliphatic carbocycles. The van der Waals surface area contributed by atoms with Crippen LogP contribution in [0.3, 0.4) is 0 Å². The Morgan fingerprint density at radius 1 is 1.36 bits per heavy atom. The van der Waals surface area contributed by atoms with E-state index in [1.54, 1.807) is 32.5 Å². The molecule has 0 bridgehead atoms. The summed E-state index contributed by atoms with van der Waals surface area (Å²) < 4.78 is 5.00. The predicted molar refractivity (Wildman–Crippen MR) is 48.8 cm³/mol. The fraction of sp³-hybridized carbons (Fsp3) is 0.222. The minimum atomic E-state index is 0.686. The van der Waals surface area contributed by atoms with Gasteiger partial charge in [0.2, 0.25) is 0 Å². The summed E-state index contributed by atoms with van der Waals surface area (Å²) in [5.41, 5.74) is 0.838. The van der Waals surface area contributed by atoms with Crippen molar-refractivity contribution in [2.75, 3.05) is 14.2 Å². The number of nitrogens with zero attached hydrogens (tertiary/aromatic N) is 1. The number of rotatable bonds is 4. The van der Waals surface area contributed by atoms with Crippen molar-refractivity contribution in [3.63, 3.8) is 0 Å². The first-order chi connectivity index (χ1) is 5.29. The molecule has 0 unspecified atom stereocenters. The minimum absolute atomic E-state index is 0.686. The van der Waals surface area contributed by atoms with Gasteiger partial charge in [0.1, 0.15) is 5.76 Å². The lowest BCUT2D eigenvalue weighted by molar-refractivity contribution is 0.305. The second kappa shape index (κ2) is 5.47. The number of ether oxygens (including phenoxy) is 1. The lowest BCUT2D eigenvalue weighted by Gasteiger charge is -2.01. The van der Waals surface area contributed by atoms with Crippen LogP contribution in [-0.4, -0.2) is 20.4 Å². The Morgan fingerprint density at radius 2 is 2.00 bits per heavy atom. The van der Waals surface area contributed by atoms with Crippen LogP contribution < -0.4 is 0 Å². The molecular weight excluding hydrogens is 138 g/mol. The standard InChI is InChI=1S/C9H13NO/c1-5-8(7-10-3)9(6-2)11-4/h5-7H,1-2H2,3-4H3/b9-8-,10-7?. The monoisotopic (exact) mass is 151 g/mol. The molecule has 0 N–H and O–H groups in total. The van der Waals surface area contributed by atoms with Crippen LogP contribution in [0.4, 0.5) is 0 Å². The third-order valence-electron chi connectivity index (χ3n) is 1.18. The fourth-order valence-electron chi connectivity index (χ4n) is 0.675. The maximum atomic E-state index is 5.00. The quantitative estimate of drug-likeness (QED) is 0.342. The Balaban J connectivity index is 4.75. The second-order valence-electron chi connectivity index (χ2n) is 1.82. The van der Waals surface area contributed by atoms with Gasteiger partial charge in [-0.15, -0.1) is 0 Å². The van der Waals surface area contributed by atoms with Crippen molar-refractivity contribution in [1.29, 1.82) is 0 Å². The van der Waals surface area contributed by atoms with E-state index < -0.39 is 0 Å². The minimum Gasteiger partial charge on any atom is -0.496 e. The van der Waals surface area contributed by atoms with E-state index in [0.717, 1.165) is 5.57 Å². The topological polar surface area (TPSA) is 21.6 Å². The molecule has 0 spiro atoms. The van der Waals surface area contributed by atoms with E-state index in [-0.39, 0.29) is 0 Å². The average molecular weight is 151 g/mol. The van der Waals surface area contributed by atoms with Crippen LogP contribution in [0.2, 0.25) is 0 Å². The summed E-state index contributed by atoms with van der Waals surface area (Å²) >= 11 is 0. The van der Waals surface area contributed by atoms with Gasteiger partial charge in [-0.05, 0) is 6.08 Å². The maximum Gasteiger partial charge on any atom is 0.126 e. The molecule has 0 aromatic carbocycles. The summed E-state index contributed by atoms with van der Waals surface area (Å²) in [5, 5.41) is 0. The van der Waals surface area contributed by atoms with Crippen LogP contribution in [0, 0.1) is 0 Å². The molecular formula is C9H13NO. The SMILES string of the molecule is C=C/C(C=NC)=C(\C=C)OC. The van der Waals surface area contributed by atoms with Gasteiger partial charge in [0.15, 0.2) is 0 Å². The third-order valence-corrected chi connectivity index (χ3v) is 1.18. The van der Waals surface area contributed by atoms with E-state index in [9.17, 15) is 0 Å². The molecule has 11 heavy (non-hydrogen) atoms. The van der Waals surface area contributed by atoms with Crippen LogP contribution >= 0.6 is 0 Å². The van der Waals surface area contributed by atoms with E-state index in [2.05, 4.69) is 18.2 Å². The average Bonchev–Trinajstić information content (AvgIpc) is 2.05. The van der Waals surface area contributed by atoms with Gasteiger partial charge in [-0.1, -0.05) is 19.2 Å². The lowest BCUT2D eigenvalue weighted by atomic mass is 10.2. The molecule has 0 rings (SSSR count). The van der Waals surface area contributed by atoms with Crippen molar-refractivity contribution < 1.29 is 4.74 Å². The van der Waals surface area contributed by atoms with Crippen molar-refractivity contribution in [2.24, 2.45) is 4.99 Å². The van der Waals surface area contributed by atoms with Gasteiger partial charge in [-0.2, -0.15) is 0 Å². The second-order valence-corrected chi connectivity index (χ2v) is 1.82. The van der Waals surface area contributed by atoms with Crippen molar-refractivity contribution in [1.82, 2.24) is 0 Å². The molecule has 0 aromatic heterocycles. The molecule has 0 saturated carbocycles. The number of methoxy groups -OCH3 is 1. The summed E-state index contributed by atoms with van der Waals surface area (Å²) in [6.45, 7) is 7.21. The van der Waals surface area contributed by atoms with Gasteiger partial charge in [0, 0.05) is 18.8 Å². The van der Waals surface area contributed by atoms with Crippen molar-refractivity contribution in [2.45, 2.75) is 0 Å². The molecule has 0 aliphatic heterocycles. The van der Waals surface area contributed by atoms with Crippen LogP contribution in [-0.2, 0) is 4.74 Å². The van der Waals surface area contributed by atoms with Gasteiger partial charge in [-0.3, -0.25) is 4.99 Å². The lowest BCUT2D eigenvalue weighted by Crippen LogP contribution is -1.90. The molecule has 0 heterocycles. The van der Waals surface area contributed by atoms with E-state index in [1.807, 2.05) is 0 Å². The summed E-state index contributed by atoms with van der Waals surface area (Å²) in [7, 11) is 3.28. The molecule has 60 valence electrons. The zero-order valence-electron chi connectivity index (χ0n) is 7.00. The summed E-state index contributed by atoms with van der Waals surface area (Å²) in [5.74, 6) is 0.686. The number of allylic oxidation sites excluding steroid dienone is 3. The number of hydrogen-bond donors (Lipinski definition) is 0. The number of aliphatic imine (C=N–C) groups is 1. The van der Waals surface area contributed by atoms with Gasteiger partial charge in [0.25, 0.3) is 0 Å². The van der Waals surface area contributed by atoms with E-state index >= 15 is 0 Å². The first-order valence-electron chi connectivity index (χ1n) is 3.25. The Bertz CT molecular complexity index is 202. The highest BCUT2D eigenvalue weighted by Gasteiger charge is 1.94. The van der Waals surface area contributed by atoms with Crippen molar-refractivity contribution in [3.8, 4) is 0 Å². The van der Waals surface area contributed by atoms with Gasteiger partial charge in [-0.25, -0.2) is 0 Å². The third kappa shape index (κ3) is 2.85. The van der Waals surface area contributed by atoms with Crippen molar-refractivity contribution in [3.05, 3.63) is 36.6 Å². The molecule has 0 radical (unpaired) electrons. The van der Waals surface area contributed by atoms with Gasteiger partial charge >= 0.3 is 0 Å². The molecule has 0 amide bonds. The zero-order valence-corrected chi connectivity index (χ0v) is 7.00. The summed E-state index contributed by atoms with van der Waals surface area (Å²) in [6.07, 6.45) is 4.97. The molecule has 0 atom stereocenters. The Morgan fingerprint density at radius 3 is 2.27 bits per heavy atom. The smallest absolute Gasteiger partial charge is 0.126 e. The molecule has 0 aliphatic rings. The largest absolute Gasteiger partial charge is 0.496 e. The van der Waals surface area contributed by atoms with Gasteiger partial charge < -0.3 is 4.74 Å². The number of hydrogen-bond acceptors (Lipinski definition) is 2. The highest BCUT2D eigenvalue weighted by atomic mass is 16.5. The normalized spacial score (nSPS) is 12.5. The molecule has 0 aromatic rings. The molecule has 0 fully saturated rings.